The van der Waals surface area contributed by atoms with Crippen LogP contribution in [0.5, 0.6) is 0 Å². The van der Waals surface area contributed by atoms with Crippen LogP contribution in [0.25, 0.3) is 0 Å². The maximum atomic E-state index is 12.6. The molecule has 5 nitrogen and oxygen atoms in total. The molecule has 1 atom stereocenters. The molecule has 2 amide bonds. The van der Waals surface area contributed by atoms with Crippen molar-refractivity contribution >= 4 is 39.6 Å². The van der Waals surface area contributed by atoms with Crippen LogP contribution < -0.4 is 5.32 Å². The number of thiazole rings is 1. The zero-order valence-electron chi connectivity index (χ0n) is 15.4. The third-order valence-electron chi connectivity index (χ3n) is 4.38. The monoisotopic (exact) mass is 399 g/mol. The number of benzene rings is 1. The van der Waals surface area contributed by atoms with Crippen molar-refractivity contribution in [1.29, 1.82) is 0 Å². The van der Waals surface area contributed by atoms with Gasteiger partial charge in [-0.3, -0.25) is 14.9 Å². The lowest BCUT2D eigenvalue weighted by Crippen LogP contribution is -2.31. The second-order valence-corrected chi connectivity index (χ2v) is 8.15. The van der Waals surface area contributed by atoms with Gasteiger partial charge in [0, 0.05) is 12.4 Å². The molecular weight excluding hydrogens is 378 g/mol. The van der Waals surface area contributed by atoms with Crippen molar-refractivity contribution in [2.75, 3.05) is 12.4 Å². The summed E-state index contributed by atoms with van der Waals surface area (Å²) in [6, 6.07) is 11.8. The third kappa shape index (κ3) is 4.81. The van der Waals surface area contributed by atoms with Gasteiger partial charge < -0.3 is 4.90 Å². The van der Waals surface area contributed by atoms with Crippen molar-refractivity contribution in [3.63, 3.8) is 0 Å². The van der Waals surface area contributed by atoms with Crippen molar-refractivity contribution in [1.82, 2.24) is 9.88 Å². The molecule has 1 unspecified atom stereocenters. The zero-order chi connectivity index (χ0) is 19.4. The fourth-order valence-electron chi connectivity index (χ4n) is 2.58. The van der Waals surface area contributed by atoms with E-state index in [-0.39, 0.29) is 24.3 Å². The summed E-state index contributed by atoms with van der Waals surface area (Å²) in [6.07, 6.45) is 0.206. The summed E-state index contributed by atoms with van der Waals surface area (Å²) in [6.45, 7) is 4.05. The average Bonchev–Trinajstić information content (AvgIpc) is 3.33. The molecule has 140 valence electrons. The Kier molecular flexibility index (Phi) is 6.03. The van der Waals surface area contributed by atoms with Crippen LogP contribution >= 0.6 is 22.7 Å². The first kappa shape index (κ1) is 19.3. The number of aryl methyl sites for hydroxylation is 1. The Hall–Kier alpha value is -2.51. The van der Waals surface area contributed by atoms with E-state index in [1.54, 1.807) is 18.0 Å². The van der Waals surface area contributed by atoms with E-state index in [9.17, 15) is 9.59 Å². The first-order valence-corrected chi connectivity index (χ1v) is 10.3. The maximum absolute atomic E-state index is 12.6. The minimum absolute atomic E-state index is 0.00971. The highest BCUT2D eigenvalue weighted by atomic mass is 32.1. The molecule has 0 aliphatic heterocycles. The molecule has 0 spiro atoms. The number of carbonyl (C=O) groups is 2. The molecule has 0 bridgehead atoms. The molecule has 2 heterocycles. The molecule has 0 radical (unpaired) electrons. The number of hydrogen-bond acceptors (Lipinski definition) is 5. The molecule has 0 saturated heterocycles. The summed E-state index contributed by atoms with van der Waals surface area (Å²) in [5.41, 5.74) is 2.95. The summed E-state index contributed by atoms with van der Waals surface area (Å²) in [5, 5.41) is 6.94. The summed E-state index contributed by atoms with van der Waals surface area (Å²) >= 11 is 2.70. The first-order valence-electron chi connectivity index (χ1n) is 8.55. The molecule has 2 aromatic heterocycles. The quantitative estimate of drug-likeness (QED) is 0.662. The normalized spacial score (nSPS) is 11.8. The van der Waals surface area contributed by atoms with Crippen LogP contribution in [0.1, 0.15) is 39.5 Å². The van der Waals surface area contributed by atoms with Crippen LogP contribution in [0, 0.1) is 6.92 Å². The van der Waals surface area contributed by atoms with E-state index in [1.165, 1.54) is 28.2 Å². The molecular formula is C20H21N3O2S2. The highest BCUT2D eigenvalue weighted by Crippen LogP contribution is 2.22. The first-order chi connectivity index (χ1) is 12.9. The predicted molar refractivity (Wildman–Crippen MR) is 110 cm³/mol. The highest BCUT2D eigenvalue weighted by Gasteiger charge is 2.19. The Morgan fingerprint density at radius 2 is 1.93 bits per heavy atom. The van der Waals surface area contributed by atoms with Gasteiger partial charge in [-0.2, -0.15) is 0 Å². The third-order valence-corrected chi connectivity index (χ3v) is 6.06. The largest absolute Gasteiger partial charge is 0.339 e. The van der Waals surface area contributed by atoms with Crippen LogP contribution in [0.3, 0.4) is 0 Å². The predicted octanol–water partition coefficient (Wildman–Crippen LogP) is 4.53. The van der Waals surface area contributed by atoms with Gasteiger partial charge in [0.05, 0.1) is 23.0 Å². The van der Waals surface area contributed by atoms with Gasteiger partial charge in [-0.25, -0.2) is 4.98 Å². The Balaban J connectivity index is 1.59. The molecule has 0 aliphatic carbocycles. The van der Waals surface area contributed by atoms with Crippen LogP contribution in [-0.2, 0) is 11.2 Å². The summed E-state index contributed by atoms with van der Waals surface area (Å²) < 4.78 is 0. The van der Waals surface area contributed by atoms with Gasteiger partial charge in [0.1, 0.15) is 0 Å². The lowest BCUT2D eigenvalue weighted by Gasteiger charge is -2.25. The lowest BCUT2D eigenvalue weighted by atomic mass is 10.1. The van der Waals surface area contributed by atoms with Gasteiger partial charge in [0.25, 0.3) is 5.91 Å². The lowest BCUT2D eigenvalue weighted by molar-refractivity contribution is -0.131. The molecule has 7 heteroatoms. The second-order valence-electron chi connectivity index (χ2n) is 6.34. The van der Waals surface area contributed by atoms with E-state index in [2.05, 4.69) is 10.3 Å². The van der Waals surface area contributed by atoms with Gasteiger partial charge in [0.2, 0.25) is 5.91 Å². The fourth-order valence-corrected chi connectivity index (χ4v) is 3.90. The molecule has 1 N–H and O–H groups in total. The molecule has 27 heavy (non-hydrogen) atoms. The van der Waals surface area contributed by atoms with Gasteiger partial charge >= 0.3 is 0 Å². The van der Waals surface area contributed by atoms with Crippen molar-refractivity contribution in [2.45, 2.75) is 26.3 Å². The van der Waals surface area contributed by atoms with E-state index >= 15 is 0 Å². The Morgan fingerprint density at radius 3 is 2.59 bits per heavy atom. The Bertz CT molecular complexity index is 917. The van der Waals surface area contributed by atoms with Crippen molar-refractivity contribution in [3.8, 4) is 0 Å². The molecule has 3 aromatic rings. The number of nitrogens with zero attached hydrogens (tertiary/aromatic N) is 2. The van der Waals surface area contributed by atoms with E-state index in [0.29, 0.717) is 15.7 Å². The van der Waals surface area contributed by atoms with Crippen LogP contribution in [0.4, 0.5) is 5.13 Å². The molecule has 0 saturated carbocycles. The van der Waals surface area contributed by atoms with Crippen molar-refractivity contribution in [2.24, 2.45) is 0 Å². The number of likely N-dealkylation sites (N-methyl/N-ethyl adjacent to an activating group) is 1. The van der Waals surface area contributed by atoms with Crippen LogP contribution in [0.15, 0.2) is 47.2 Å². The van der Waals surface area contributed by atoms with Gasteiger partial charge in [-0.15, -0.1) is 22.7 Å². The van der Waals surface area contributed by atoms with Crippen molar-refractivity contribution in [3.05, 3.63) is 68.9 Å². The van der Waals surface area contributed by atoms with Crippen molar-refractivity contribution < 1.29 is 9.59 Å². The summed E-state index contributed by atoms with van der Waals surface area (Å²) in [7, 11) is 1.80. The van der Waals surface area contributed by atoms with E-state index in [0.717, 1.165) is 5.56 Å². The standard InChI is InChI=1S/C20H21N3O2S2/c1-13-6-8-15(9-7-13)14(2)23(3)18(24)11-16-12-27-20(21-16)22-19(25)17-5-4-10-26-17/h4-10,12,14H,11H2,1-3H3,(H,21,22,25). The minimum Gasteiger partial charge on any atom is -0.339 e. The van der Waals surface area contributed by atoms with Gasteiger partial charge in [-0.1, -0.05) is 35.9 Å². The molecule has 0 aliphatic rings. The Morgan fingerprint density at radius 1 is 1.19 bits per heavy atom. The number of rotatable bonds is 6. The second kappa shape index (κ2) is 8.45. The molecule has 3 rings (SSSR count). The van der Waals surface area contributed by atoms with Gasteiger partial charge in [0.15, 0.2) is 5.13 Å². The van der Waals surface area contributed by atoms with E-state index in [4.69, 9.17) is 0 Å². The van der Waals surface area contributed by atoms with Crippen LogP contribution in [-0.4, -0.2) is 28.7 Å². The number of amides is 2. The maximum Gasteiger partial charge on any atom is 0.267 e. The Labute approximate surface area is 166 Å². The van der Waals surface area contributed by atoms with Crippen LogP contribution in [0.2, 0.25) is 0 Å². The van der Waals surface area contributed by atoms with E-state index in [1.807, 2.05) is 54.9 Å². The van der Waals surface area contributed by atoms with E-state index < -0.39 is 0 Å². The minimum atomic E-state index is -0.178. The SMILES string of the molecule is Cc1ccc(C(C)N(C)C(=O)Cc2csc(NC(=O)c3cccs3)n2)cc1. The number of aromatic nitrogens is 1. The summed E-state index contributed by atoms with van der Waals surface area (Å²) in [5.74, 6) is -0.188. The number of carbonyl (C=O) groups excluding carboxylic acids is 2. The highest BCUT2D eigenvalue weighted by molar-refractivity contribution is 7.14. The fraction of sp³-hybridized carbons (Fsp3) is 0.250. The number of nitrogens with one attached hydrogen (secondary N) is 1. The topological polar surface area (TPSA) is 62.3 Å². The zero-order valence-corrected chi connectivity index (χ0v) is 17.1. The summed E-state index contributed by atoms with van der Waals surface area (Å²) in [4.78, 5) is 31.4. The number of thiophene rings is 1. The number of anilines is 1. The smallest absolute Gasteiger partial charge is 0.267 e. The number of hydrogen-bond donors (Lipinski definition) is 1. The average molecular weight is 400 g/mol. The molecule has 1 aromatic carbocycles. The van der Waals surface area contributed by atoms with Gasteiger partial charge in [-0.05, 0) is 30.9 Å². The molecule has 0 fully saturated rings.